The first-order chi connectivity index (χ1) is 11.4. The summed E-state index contributed by atoms with van der Waals surface area (Å²) in [6.45, 7) is 1.20. The van der Waals surface area contributed by atoms with Crippen molar-refractivity contribution in [1.82, 2.24) is 10.2 Å². The molecule has 1 saturated carbocycles. The van der Waals surface area contributed by atoms with E-state index in [1.54, 1.807) is 4.90 Å². The van der Waals surface area contributed by atoms with Crippen LogP contribution in [0.2, 0.25) is 0 Å². The standard InChI is InChI=1S/C17H23N3O3S/c18-24(22,23)10-11-5-7-20(8-6-11)17(21)19-16-14-9-12-3-1-2-4-13(12)15(14)16/h1-4,11,14-16H,5-10H2,(H,19,21)(H2,18,22,23)/t14-,15+,16-/m1/s1. The summed E-state index contributed by atoms with van der Waals surface area (Å²) in [6, 6.07) is 8.73. The third kappa shape index (κ3) is 3.02. The van der Waals surface area contributed by atoms with E-state index in [-0.39, 0.29) is 23.7 Å². The molecule has 0 radical (unpaired) electrons. The van der Waals surface area contributed by atoms with Crippen LogP contribution in [0.4, 0.5) is 4.79 Å². The zero-order chi connectivity index (χ0) is 16.9. The molecule has 3 N–H and O–H groups in total. The summed E-state index contributed by atoms with van der Waals surface area (Å²) in [6.07, 6.45) is 2.45. The molecule has 3 aliphatic rings. The fraction of sp³-hybridized carbons (Fsp3) is 0.588. The number of nitrogens with one attached hydrogen (secondary N) is 1. The van der Waals surface area contributed by atoms with Crippen molar-refractivity contribution in [2.24, 2.45) is 17.0 Å². The average molecular weight is 349 g/mol. The lowest BCUT2D eigenvalue weighted by Crippen LogP contribution is -2.46. The quantitative estimate of drug-likeness (QED) is 0.854. The summed E-state index contributed by atoms with van der Waals surface area (Å²) in [5.74, 6) is 1.11. The van der Waals surface area contributed by atoms with E-state index in [1.807, 2.05) is 0 Å². The average Bonchev–Trinajstić information content (AvgIpc) is 3.03. The van der Waals surface area contributed by atoms with Crippen LogP contribution in [0.25, 0.3) is 0 Å². The second-order valence-electron chi connectivity index (χ2n) is 7.33. The van der Waals surface area contributed by atoms with Crippen molar-refractivity contribution >= 4 is 16.1 Å². The third-order valence-electron chi connectivity index (χ3n) is 5.70. The van der Waals surface area contributed by atoms with Crippen molar-refractivity contribution in [3.8, 4) is 0 Å². The first kappa shape index (κ1) is 15.9. The number of urea groups is 1. The number of primary sulfonamides is 1. The van der Waals surface area contributed by atoms with E-state index >= 15 is 0 Å². The predicted molar refractivity (Wildman–Crippen MR) is 91.0 cm³/mol. The van der Waals surface area contributed by atoms with Crippen molar-refractivity contribution in [3.05, 3.63) is 35.4 Å². The molecule has 3 atom stereocenters. The first-order valence-corrected chi connectivity index (χ1v) is 10.3. The summed E-state index contributed by atoms with van der Waals surface area (Å²) in [5, 5.41) is 8.28. The molecule has 2 amide bonds. The van der Waals surface area contributed by atoms with E-state index in [1.165, 1.54) is 11.1 Å². The lowest BCUT2D eigenvalue weighted by atomic mass is 9.99. The second-order valence-corrected chi connectivity index (χ2v) is 8.99. The largest absolute Gasteiger partial charge is 0.334 e. The number of hydrogen-bond acceptors (Lipinski definition) is 3. The van der Waals surface area contributed by atoms with Gasteiger partial charge in [-0.05, 0) is 42.2 Å². The molecule has 7 heteroatoms. The molecule has 2 fully saturated rings. The number of likely N-dealkylation sites (tertiary alicyclic amines) is 1. The van der Waals surface area contributed by atoms with Gasteiger partial charge < -0.3 is 10.2 Å². The Morgan fingerprint density at radius 2 is 1.96 bits per heavy atom. The molecule has 1 saturated heterocycles. The highest BCUT2D eigenvalue weighted by Gasteiger charge is 2.56. The summed E-state index contributed by atoms with van der Waals surface area (Å²) in [4.78, 5) is 14.3. The number of benzene rings is 1. The number of nitrogens with zero attached hydrogens (tertiary/aromatic N) is 1. The van der Waals surface area contributed by atoms with Gasteiger partial charge in [0, 0.05) is 25.0 Å². The van der Waals surface area contributed by atoms with E-state index in [0.29, 0.717) is 37.8 Å². The monoisotopic (exact) mass is 349 g/mol. The number of amides is 2. The smallest absolute Gasteiger partial charge is 0.317 e. The summed E-state index contributed by atoms with van der Waals surface area (Å²) < 4.78 is 22.3. The third-order valence-corrected chi connectivity index (χ3v) is 6.63. The molecular weight excluding hydrogens is 326 g/mol. The van der Waals surface area contributed by atoms with Gasteiger partial charge >= 0.3 is 6.03 Å². The zero-order valence-electron chi connectivity index (χ0n) is 13.5. The Bertz CT molecular complexity index is 756. The molecule has 0 bridgehead atoms. The molecular formula is C17H23N3O3S. The lowest BCUT2D eigenvalue weighted by Gasteiger charge is -2.31. The molecule has 24 heavy (non-hydrogen) atoms. The Morgan fingerprint density at radius 1 is 1.25 bits per heavy atom. The fourth-order valence-electron chi connectivity index (χ4n) is 4.41. The molecule has 1 aromatic carbocycles. The van der Waals surface area contributed by atoms with Crippen LogP contribution in [-0.4, -0.2) is 44.2 Å². The highest BCUT2D eigenvalue weighted by Crippen LogP contribution is 2.56. The summed E-state index contributed by atoms with van der Waals surface area (Å²) in [5.41, 5.74) is 2.81. The second kappa shape index (κ2) is 5.74. The van der Waals surface area contributed by atoms with Gasteiger partial charge in [-0.25, -0.2) is 18.4 Å². The molecule has 1 aromatic rings. The Morgan fingerprint density at radius 3 is 2.67 bits per heavy atom. The van der Waals surface area contributed by atoms with E-state index in [2.05, 4.69) is 29.6 Å². The van der Waals surface area contributed by atoms with Gasteiger partial charge in [-0.1, -0.05) is 24.3 Å². The molecule has 1 heterocycles. The number of carbonyl (C=O) groups excluding carboxylic acids is 1. The van der Waals surface area contributed by atoms with Crippen molar-refractivity contribution < 1.29 is 13.2 Å². The van der Waals surface area contributed by atoms with E-state index in [4.69, 9.17) is 5.14 Å². The highest BCUT2D eigenvalue weighted by atomic mass is 32.2. The first-order valence-electron chi connectivity index (χ1n) is 8.56. The van der Waals surface area contributed by atoms with E-state index in [9.17, 15) is 13.2 Å². The van der Waals surface area contributed by atoms with Crippen molar-refractivity contribution in [2.75, 3.05) is 18.8 Å². The van der Waals surface area contributed by atoms with Crippen molar-refractivity contribution in [1.29, 1.82) is 0 Å². The number of sulfonamides is 1. The molecule has 130 valence electrons. The zero-order valence-corrected chi connectivity index (χ0v) is 14.3. The Balaban J connectivity index is 1.29. The van der Waals surface area contributed by atoms with Crippen molar-refractivity contribution in [2.45, 2.75) is 31.2 Å². The van der Waals surface area contributed by atoms with E-state index in [0.717, 1.165) is 6.42 Å². The minimum atomic E-state index is -3.43. The fourth-order valence-corrected chi connectivity index (χ4v) is 5.40. The van der Waals surface area contributed by atoms with Gasteiger partial charge in [0.25, 0.3) is 0 Å². The van der Waals surface area contributed by atoms with Crippen molar-refractivity contribution in [3.63, 3.8) is 0 Å². The molecule has 0 spiro atoms. The van der Waals surface area contributed by atoms with Crippen LogP contribution in [0.5, 0.6) is 0 Å². The number of carbonyl (C=O) groups is 1. The van der Waals surface area contributed by atoms with Gasteiger partial charge in [-0.3, -0.25) is 0 Å². The Kier molecular flexibility index (Phi) is 3.80. The maximum absolute atomic E-state index is 12.5. The molecule has 4 rings (SSSR count). The van der Waals surface area contributed by atoms with Gasteiger partial charge in [0.2, 0.25) is 10.0 Å². The molecule has 6 nitrogen and oxygen atoms in total. The van der Waals surface area contributed by atoms with Gasteiger partial charge in [0.05, 0.1) is 5.75 Å². The molecule has 1 aliphatic heterocycles. The van der Waals surface area contributed by atoms with E-state index < -0.39 is 10.0 Å². The van der Waals surface area contributed by atoms with Crippen LogP contribution >= 0.6 is 0 Å². The Labute approximate surface area is 142 Å². The van der Waals surface area contributed by atoms with Crippen LogP contribution in [0.3, 0.4) is 0 Å². The normalized spacial score (nSPS) is 29.0. The molecule has 0 aromatic heterocycles. The summed E-state index contributed by atoms with van der Waals surface area (Å²) in [7, 11) is -3.43. The topological polar surface area (TPSA) is 92.5 Å². The maximum Gasteiger partial charge on any atom is 0.317 e. The van der Waals surface area contributed by atoms with Crippen LogP contribution in [0, 0.1) is 11.8 Å². The van der Waals surface area contributed by atoms with Gasteiger partial charge in [-0.2, -0.15) is 0 Å². The summed E-state index contributed by atoms with van der Waals surface area (Å²) >= 11 is 0. The maximum atomic E-state index is 12.5. The number of fused-ring (bicyclic) bond motifs is 3. The van der Waals surface area contributed by atoms with Crippen LogP contribution in [0.15, 0.2) is 24.3 Å². The van der Waals surface area contributed by atoms with Crippen LogP contribution < -0.4 is 10.5 Å². The molecule has 2 aliphatic carbocycles. The number of nitrogens with two attached hydrogens (primary N) is 1. The van der Waals surface area contributed by atoms with Gasteiger partial charge in [0.1, 0.15) is 0 Å². The SMILES string of the molecule is NS(=O)(=O)CC1CCN(C(=O)N[C@@H]2[C@@H]3Cc4ccccc4[C@@H]32)CC1. The number of rotatable bonds is 3. The number of piperidine rings is 1. The predicted octanol–water partition coefficient (Wildman–Crippen LogP) is 1.03. The minimum absolute atomic E-state index is 0.0130. The Hall–Kier alpha value is -1.60. The van der Waals surface area contributed by atoms with Crippen LogP contribution in [-0.2, 0) is 16.4 Å². The molecule has 0 unspecified atom stereocenters. The lowest BCUT2D eigenvalue weighted by molar-refractivity contribution is 0.173. The highest BCUT2D eigenvalue weighted by molar-refractivity contribution is 7.89. The van der Waals surface area contributed by atoms with Crippen LogP contribution in [0.1, 0.15) is 29.9 Å². The minimum Gasteiger partial charge on any atom is -0.334 e. The van der Waals surface area contributed by atoms with Gasteiger partial charge in [-0.15, -0.1) is 0 Å². The van der Waals surface area contributed by atoms with Gasteiger partial charge in [0.15, 0.2) is 0 Å². The number of hydrogen-bond donors (Lipinski definition) is 2.